The number of hydrogen-bond acceptors (Lipinski definition) is 2. The molecule has 0 aliphatic rings. The summed E-state index contributed by atoms with van der Waals surface area (Å²) in [7, 11) is 0. The van der Waals surface area contributed by atoms with Gasteiger partial charge in [0.2, 0.25) is 0 Å². The van der Waals surface area contributed by atoms with Crippen LogP contribution in [0.15, 0.2) is 17.0 Å². The lowest BCUT2D eigenvalue weighted by Crippen LogP contribution is -1.76. The third-order valence-electron chi connectivity index (χ3n) is 1.27. The number of thiol groups is 1. The van der Waals surface area contributed by atoms with Gasteiger partial charge in [-0.3, -0.25) is 0 Å². The van der Waals surface area contributed by atoms with Gasteiger partial charge in [0.1, 0.15) is 5.75 Å². The predicted molar refractivity (Wildman–Crippen MR) is 45.1 cm³/mol. The molecule has 0 radical (unpaired) electrons. The van der Waals surface area contributed by atoms with Crippen molar-refractivity contribution in [2.75, 3.05) is 0 Å². The highest BCUT2D eigenvalue weighted by molar-refractivity contribution is 7.80. The van der Waals surface area contributed by atoms with Crippen molar-refractivity contribution < 1.29 is 5.11 Å². The number of phenols is 1. The zero-order valence-electron chi connectivity index (χ0n) is 5.43. The van der Waals surface area contributed by atoms with E-state index in [1.165, 1.54) is 0 Å². The minimum absolute atomic E-state index is 0.108. The summed E-state index contributed by atoms with van der Waals surface area (Å²) >= 11 is 9.71. The van der Waals surface area contributed by atoms with E-state index in [1.54, 1.807) is 12.1 Å². The Balaban J connectivity index is 3.28. The van der Waals surface area contributed by atoms with Crippen molar-refractivity contribution >= 4 is 24.2 Å². The van der Waals surface area contributed by atoms with Gasteiger partial charge >= 0.3 is 0 Å². The van der Waals surface area contributed by atoms with Crippen molar-refractivity contribution in [3.8, 4) is 5.75 Å². The molecule has 0 amide bonds. The molecule has 0 aromatic heterocycles. The van der Waals surface area contributed by atoms with Crippen LogP contribution in [0.2, 0.25) is 5.02 Å². The smallest absolute Gasteiger partial charge is 0.134 e. The summed E-state index contributed by atoms with van der Waals surface area (Å²) in [5, 5.41) is 9.40. The van der Waals surface area contributed by atoms with Crippen LogP contribution in [-0.2, 0) is 0 Å². The summed E-state index contributed by atoms with van der Waals surface area (Å²) in [5.74, 6) is 0.108. The number of hydrogen-bond donors (Lipinski definition) is 2. The van der Waals surface area contributed by atoms with E-state index in [0.29, 0.717) is 5.02 Å². The fraction of sp³-hybridized carbons (Fsp3) is 0.143. The number of phenolic OH excluding ortho intramolecular Hbond substituents is 1. The molecule has 0 saturated carbocycles. The van der Waals surface area contributed by atoms with Crippen LogP contribution < -0.4 is 0 Å². The van der Waals surface area contributed by atoms with Gasteiger partial charge in [-0.2, -0.15) is 0 Å². The molecule has 1 rings (SSSR count). The van der Waals surface area contributed by atoms with Crippen LogP contribution in [0.5, 0.6) is 5.75 Å². The van der Waals surface area contributed by atoms with Gasteiger partial charge in [0, 0.05) is 4.90 Å². The lowest BCUT2D eigenvalue weighted by atomic mass is 10.2. The van der Waals surface area contributed by atoms with Gasteiger partial charge in [-0.15, -0.1) is 12.6 Å². The van der Waals surface area contributed by atoms with Crippen LogP contribution in [0.3, 0.4) is 0 Å². The van der Waals surface area contributed by atoms with E-state index in [-0.39, 0.29) is 5.75 Å². The maximum absolute atomic E-state index is 9.06. The molecule has 0 unspecified atom stereocenters. The second kappa shape index (κ2) is 2.72. The Hall–Kier alpha value is -0.340. The van der Waals surface area contributed by atoms with Crippen LogP contribution in [-0.4, -0.2) is 5.11 Å². The Morgan fingerprint density at radius 3 is 2.60 bits per heavy atom. The van der Waals surface area contributed by atoms with Gasteiger partial charge in [-0.25, -0.2) is 0 Å². The largest absolute Gasteiger partial charge is 0.506 e. The Morgan fingerprint density at radius 2 is 2.10 bits per heavy atom. The van der Waals surface area contributed by atoms with Crippen LogP contribution in [0, 0.1) is 6.92 Å². The topological polar surface area (TPSA) is 20.2 Å². The average molecular weight is 175 g/mol. The summed E-state index contributed by atoms with van der Waals surface area (Å²) in [6, 6.07) is 3.21. The van der Waals surface area contributed by atoms with Crippen molar-refractivity contribution in [1.29, 1.82) is 0 Å². The SMILES string of the molecule is Cc1cc(O)c(Cl)cc1S. The van der Waals surface area contributed by atoms with Gasteiger partial charge in [0.15, 0.2) is 0 Å². The molecule has 10 heavy (non-hydrogen) atoms. The van der Waals surface area contributed by atoms with E-state index in [4.69, 9.17) is 16.7 Å². The second-order valence-corrected chi connectivity index (χ2v) is 2.98. The highest BCUT2D eigenvalue weighted by Gasteiger charge is 2.00. The molecule has 0 heterocycles. The van der Waals surface area contributed by atoms with E-state index >= 15 is 0 Å². The molecule has 1 nitrogen and oxygen atoms in total. The molecule has 0 atom stereocenters. The molecule has 54 valence electrons. The number of aryl methyl sites for hydroxylation is 1. The first-order valence-corrected chi connectivity index (χ1v) is 3.62. The molecule has 1 aromatic rings. The molecule has 0 aliphatic carbocycles. The zero-order chi connectivity index (χ0) is 7.72. The molecule has 3 heteroatoms. The van der Waals surface area contributed by atoms with Crippen LogP contribution in [0.25, 0.3) is 0 Å². The highest BCUT2D eigenvalue weighted by Crippen LogP contribution is 2.28. The molecule has 0 bridgehead atoms. The molecule has 1 aromatic carbocycles. The minimum Gasteiger partial charge on any atom is -0.506 e. The van der Waals surface area contributed by atoms with Crippen LogP contribution >= 0.6 is 24.2 Å². The number of aromatic hydroxyl groups is 1. The Kier molecular flexibility index (Phi) is 2.11. The van der Waals surface area contributed by atoms with Crippen molar-refractivity contribution in [3.05, 3.63) is 22.7 Å². The number of halogens is 1. The Morgan fingerprint density at radius 1 is 1.50 bits per heavy atom. The standard InChI is InChI=1S/C7H7ClOS/c1-4-2-6(9)5(8)3-7(4)10/h2-3,9-10H,1H3. The average Bonchev–Trinajstić information content (AvgIpc) is 1.84. The van der Waals surface area contributed by atoms with E-state index in [0.717, 1.165) is 10.5 Å². The first-order valence-electron chi connectivity index (χ1n) is 2.79. The van der Waals surface area contributed by atoms with Crippen molar-refractivity contribution in [1.82, 2.24) is 0 Å². The first kappa shape index (κ1) is 7.76. The van der Waals surface area contributed by atoms with E-state index in [2.05, 4.69) is 12.6 Å². The Labute approximate surface area is 70.0 Å². The number of rotatable bonds is 0. The van der Waals surface area contributed by atoms with Crippen molar-refractivity contribution in [2.24, 2.45) is 0 Å². The maximum Gasteiger partial charge on any atom is 0.134 e. The first-order chi connectivity index (χ1) is 4.61. The fourth-order valence-electron chi connectivity index (χ4n) is 0.656. The highest BCUT2D eigenvalue weighted by atomic mass is 35.5. The fourth-order valence-corrected chi connectivity index (χ4v) is 1.09. The molecule has 0 saturated heterocycles. The summed E-state index contributed by atoms with van der Waals surface area (Å²) in [6.07, 6.45) is 0. The summed E-state index contributed by atoms with van der Waals surface area (Å²) < 4.78 is 0. The maximum atomic E-state index is 9.06. The predicted octanol–water partition coefficient (Wildman–Crippen LogP) is 2.64. The molecule has 1 N–H and O–H groups in total. The second-order valence-electron chi connectivity index (χ2n) is 2.09. The van der Waals surface area contributed by atoms with Gasteiger partial charge in [-0.05, 0) is 24.6 Å². The van der Waals surface area contributed by atoms with Crippen molar-refractivity contribution in [2.45, 2.75) is 11.8 Å². The lowest BCUT2D eigenvalue weighted by molar-refractivity contribution is 0.474. The monoisotopic (exact) mass is 174 g/mol. The summed E-state index contributed by atoms with van der Waals surface area (Å²) in [4.78, 5) is 0.794. The molecule has 0 spiro atoms. The van der Waals surface area contributed by atoms with Crippen LogP contribution in [0.4, 0.5) is 0 Å². The normalized spacial score (nSPS) is 9.90. The lowest BCUT2D eigenvalue weighted by Gasteiger charge is -2.00. The van der Waals surface area contributed by atoms with Gasteiger partial charge in [-0.1, -0.05) is 11.6 Å². The third kappa shape index (κ3) is 1.39. The molecule has 0 fully saturated rings. The van der Waals surface area contributed by atoms with E-state index < -0.39 is 0 Å². The Bertz CT molecular complexity index is 210. The van der Waals surface area contributed by atoms with Gasteiger partial charge in [0.25, 0.3) is 0 Å². The summed E-state index contributed by atoms with van der Waals surface area (Å²) in [6.45, 7) is 1.86. The third-order valence-corrected chi connectivity index (χ3v) is 2.05. The molecular formula is C7H7ClOS. The van der Waals surface area contributed by atoms with E-state index in [1.807, 2.05) is 6.92 Å². The van der Waals surface area contributed by atoms with Crippen LogP contribution in [0.1, 0.15) is 5.56 Å². The zero-order valence-corrected chi connectivity index (χ0v) is 7.08. The van der Waals surface area contributed by atoms with Gasteiger partial charge in [0.05, 0.1) is 5.02 Å². The molecular weight excluding hydrogens is 168 g/mol. The summed E-state index contributed by atoms with van der Waals surface area (Å²) in [5.41, 5.74) is 0.922. The van der Waals surface area contributed by atoms with Gasteiger partial charge < -0.3 is 5.11 Å². The minimum atomic E-state index is 0.108. The van der Waals surface area contributed by atoms with E-state index in [9.17, 15) is 0 Å². The van der Waals surface area contributed by atoms with Crippen molar-refractivity contribution in [3.63, 3.8) is 0 Å². The molecule has 0 aliphatic heterocycles. The quantitative estimate of drug-likeness (QED) is 0.580. The number of benzene rings is 1.